The van der Waals surface area contributed by atoms with Gasteiger partial charge in [-0.15, -0.1) is 0 Å². The molecule has 1 aliphatic rings. The van der Waals surface area contributed by atoms with E-state index in [0.717, 1.165) is 54.5 Å². The number of pyridine rings is 2. The molecule has 0 spiro atoms. The SMILES string of the molecule is Cc1cccc(N2CCN(c3ccc(NC(=O)C(=O)c4c(-c5ccccc5)cc5ccc(Cl)cn45)cc3)CC2)n1. The lowest BCUT2D eigenvalue weighted by molar-refractivity contribution is -0.112. The molecule has 4 heterocycles. The first-order chi connectivity index (χ1) is 19.5. The zero-order valence-electron chi connectivity index (χ0n) is 22.0. The summed E-state index contributed by atoms with van der Waals surface area (Å²) in [5, 5.41) is 3.26. The number of ketones is 1. The van der Waals surface area contributed by atoms with E-state index in [1.54, 1.807) is 16.7 Å². The third-order valence-corrected chi connectivity index (χ3v) is 7.43. The van der Waals surface area contributed by atoms with E-state index in [-0.39, 0.29) is 5.69 Å². The molecule has 0 unspecified atom stereocenters. The topological polar surface area (TPSA) is 70.0 Å². The average molecular weight is 550 g/mol. The molecular formula is C32H28ClN5O2. The summed E-state index contributed by atoms with van der Waals surface area (Å²) in [4.78, 5) is 35.9. The van der Waals surface area contributed by atoms with E-state index in [0.29, 0.717) is 16.3 Å². The Morgan fingerprint density at radius 1 is 0.825 bits per heavy atom. The number of nitrogens with zero attached hydrogens (tertiary/aromatic N) is 4. The molecule has 200 valence electrons. The first-order valence-electron chi connectivity index (χ1n) is 13.2. The molecule has 1 fully saturated rings. The number of carbonyl (C=O) groups excluding carboxylic acids is 2. The molecule has 3 aromatic heterocycles. The molecule has 6 rings (SSSR count). The molecule has 7 nitrogen and oxygen atoms in total. The molecule has 8 heteroatoms. The lowest BCUT2D eigenvalue weighted by Gasteiger charge is -2.36. The molecule has 1 N–H and O–H groups in total. The lowest BCUT2D eigenvalue weighted by atomic mass is 10.0. The van der Waals surface area contributed by atoms with Gasteiger partial charge in [-0.2, -0.15) is 0 Å². The predicted molar refractivity (Wildman–Crippen MR) is 161 cm³/mol. The van der Waals surface area contributed by atoms with Crippen molar-refractivity contribution in [3.63, 3.8) is 0 Å². The van der Waals surface area contributed by atoms with Crippen LogP contribution in [-0.4, -0.2) is 47.3 Å². The third-order valence-electron chi connectivity index (χ3n) is 7.21. The second-order valence-electron chi connectivity index (χ2n) is 9.86. The average Bonchev–Trinajstić information content (AvgIpc) is 3.36. The molecule has 1 saturated heterocycles. The summed E-state index contributed by atoms with van der Waals surface area (Å²) in [6, 6.07) is 28.8. The van der Waals surface area contributed by atoms with E-state index in [1.807, 2.05) is 85.8 Å². The van der Waals surface area contributed by atoms with Gasteiger partial charge in [0.1, 0.15) is 11.5 Å². The zero-order valence-corrected chi connectivity index (χ0v) is 22.8. The van der Waals surface area contributed by atoms with Crippen LogP contribution in [0.5, 0.6) is 0 Å². The largest absolute Gasteiger partial charge is 0.368 e. The van der Waals surface area contributed by atoms with Crippen molar-refractivity contribution < 1.29 is 9.59 Å². The fourth-order valence-electron chi connectivity index (χ4n) is 5.16. The van der Waals surface area contributed by atoms with Gasteiger partial charge in [0.05, 0.1) is 5.02 Å². The van der Waals surface area contributed by atoms with E-state index in [1.165, 1.54) is 0 Å². The van der Waals surface area contributed by atoms with Gasteiger partial charge in [0, 0.05) is 60.5 Å². The van der Waals surface area contributed by atoms with E-state index >= 15 is 0 Å². The van der Waals surface area contributed by atoms with Crippen molar-refractivity contribution in [1.82, 2.24) is 9.38 Å². The summed E-state index contributed by atoms with van der Waals surface area (Å²) in [5.74, 6) is -0.328. The second-order valence-corrected chi connectivity index (χ2v) is 10.3. The van der Waals surface area contributed by atoms with E-state index in [9.17, 15) is 9.59 Å². The summed E-state index contributed by atoms with van der Waals surface area (Å²) >= 11 is 6.24. The fraction of sp³-hybridized carbons (Fsp3) is 0.156. The number of piperazine rings is 1. The highest BCUT2D eigenvalue weighted by Crippen LogP contribution is 2.30. The summed E-state index contributed by atoms with van der Waals surface area (Å²) in [5.41, 5.74) is 5.23. The quantitative estimate of drug-likeness (QED) is 0.204. The molecule has 0 radical (unpaired) electrons. The van der Waals surface area contributed by atoms with Gasteiger partial charge >= 0.3 is 0 Å². The Morgan fingerprint density at radius 3 is 2.27 bits per heavy atom. The van der Waals surface area contributed by atoms with Gasteiger partial charge in [-0.25, -0.2) is 4.98 Å². The summed E-state index contributed by atoms with van der Waals surface area (Å²) in [6.07, 6.45) is 1.66. The number of rotatable bonds is 6. The van der Waals surface area contributed by atoms with Crippen LogP contribution < -0.4 is 15.1 Å². The lowest BCUT2D eigenvalue weighted by Crippen LogP contribution is -2.46. The third kappa shape index (κ3) is 5.16. The predicted octanol–water partition coefficient (Wildman–Crippen LogP) is 6.11. The highest BCUT2D eigenvalue weighted by atomic mass is 35.5. The van der Waals surface area contributed by atoms with Crippen LogP contribution in [0.15, 0.2) is 97.2 Å². The number of anilines is 3. The minimum atomic E-state index is -0.704. The second kappa shape index (κ2) is 10.9. The van der Waals surface area contributed by atoms with Crippen molar-refractivity contribution in [2.45, 2.75) is 6.92 Å². The number of benzene rings is 2. The minimum Gasteiger partial charge on any atom is -0.368 e. The normalized spacial score (nSPS) is 13.4. The van der Waals surface area contributed by atoms with Crippen LogP contribution in [-0.2, 0) is 4.79 Å². The van der Waals surface area contributed by atoms with Crippen molar-refractivity contribution in [1.29, 1.82) is 0 Å². The van der Waals surface area contributed by atoms with Crippen LogP contribution in [0.1, 0.15) is 16.2 Å². The molecule has 1 amide bonds. The molecule has 0 atom stereocenters. The summed E-state index contributed by atoms with van der Waals surface area (Å²) in [7, 11) is 0. The molecule has 0 saturated carbocycles. The molecule has 40 heavy (non-hydrogen) atoms. The minimum absolute atomic E-state index is 0.277. The van der Waals surface area contributed by atoms with Crippen LogP contribution >= 0.6 is 11.6 Å². The van der Waals surface area contributed by atoms with Gasteiger partial charge < -0.3 is 19.5 Å². The van der Waals surface area contributed by atoms with Gasteiger partial charge in [0.25, 0.3) is 11.7 Å². The van der Waals surface area contributed by atoms with Crippen molar-refractivity contribution in [2.75, 3.05) is 41.3 Å². The van der Waals surface area contributed by atoms with Gasteiger partial charge in [0.15, 0.2) is 0 Å². The van der Waals surface area contributed by atoms with Crippen LogP contribution in [0, 0.1) is 6.92 Å². The number of amides is 1. The van der Waals surface area contributed by atoms with Crippen LogP contribution in [0.2, 0.25) is 5.02 Å². The Labute approximate surface area is 237 Å². The van der Waals surface area contributed by atoms with Crippen LogP contribution in [0.3, 0.4) is 0 Å². The van der Waals surface area contributed by atoms with Gasteiger partial charge in [-0.3, -0.25) is 9.59 Å². The number of aryl methyl sites for hydroxylation is 1. The Bertz CT molecular complexity index is 1690. The Kier molecular flexibility index (Phi) is 6.97. The highest BCUT2D eigenvalue weighted by molar-refractivity contribution is 6.47. The number of fused-ring (bicyclic) bond motifs is 1. The molecule has 5 aromatic rings. The maximum absolute atomic E-state index is 13.5. The van der Waals surface area contributed by atoms with Crippen LogP contribution in [0.25, 0.3) is 16.6 Å². The van der Waals surface area contributed by atoms with Gasteiger partial charge in [-0.05, 0) is 67.1 Å². The fourth-order valence-corrected chi connectivity index (χ4v) is 5.32. The first-order valence-corrected chi connectivity index (χ1v) is 13.6. The molecule has 0 aliphatic carbocycles. The van der Waals surface area contributed by atoms with Gasteiger partial charge in [-0.1, -0.05) is 48.0 Å². The summed E-state index contributed by atoms with van der Waals surface area (Å²) < 4.78 is 1.68. The number of Topliss-reactive ketones (excluding diaryl/α,β-unsaturated/α-hetero) is 1. The maximum Gasteiger partial charge on any atom is 0.298 e. The number of carbonyl (C=O) groups is 2. The molecule has 2 aromatic carbocycles. The van der Waals surface area contributed by atoms with Gasteiger partial charge in [0.2, 0.25) is 0 Å². The standard InChI is InChI=1S/C32H28ClN5O2/c1-22-6-5-9-29(34-22)37-18-16-36(17-19-37)26-14-11-25(12-15-26)35-32(40)31(39)30-28(23-7-3-2-4-8-23)20-27-13-10-24(33)21-38(27)30/h2-15,20-21H,16-19H2,1H3,(H,35,40). The van der Waals surface area contributed by atoms with E-state index in [4.69, 9.17) is 11.6 Å². The van der Waals surface area contributed by atoms with Crippen molar-refractivity contribution in [3.8, 4) is 11.1 Å². The molecular weight excluding hydrogens is 522 g/mol. The first kappa shape index (κ1) is 25.6. The van der Waals surface area contributed by atoms with E-state index in [2.05, 4.69) is 26.2 Å². The van der Waals surface area contributed by atoms with E-state index < -0.39 is 11.7 Å². The molecule has 1 aliphatic heterocycles. The number of aromatic nitrogens is 2. The van der Waals surface area contributed by atoms with Crippen molar-refractivity contribution >= 4 is 46.0 Å². The summed E-state index contributed by atoms with van der Waals surface area (Å²) in [6.45, 7) is 5.50. The Hall–Kier alpha value is -4.62. The van der Waals surface area contributed by atoms with Crippen molar-refractivity contribution in [3.05, 3.63) is 114 Å². The highest BCUT2D eigenvalue weighted by Gasteiger charge is 2.25. The van der Waals surface area contributed by atoms with Crippen molar-refractivity contribution in [2.24, 2.45) is 0 Å². The molecule has 0 bridgehead atoms. The number of halogens is 1. The zero-order chi connectivity index (χ0) is 27.6. The number of hydrogen-bond acceptors (Lipinski definition) is 5. The number of hydrogen-bond donors (Lipinski definition) is 1. The van der Waals surface area contributed by atoms with Crippen LogP contribution in [0.4, 0.5) is 17.2 Å². The number of nitrogens with one attached hydrogen (secondary N) is 1. The smallest absolute Gasteiger partial charge is 0.298 e. The Balaban J connectivity index is 1.16. The Morgan fingerprint density at radius 2 is 1.55 bits per heavy atom. The maximum atomic E-state index is 13.5. The monoisotopic (exact) mass is 549 g/mol.